The molecule has 0 radical (unpaired) electrons. The predicted octanol–water partition coefficient (Wildman–Crippen LogP) is 3.53. The molecule has 4 nitrogen and oxygen atoms in total. The van der Waals surface area contributed by atoms with Crippen LogP contribution in [0.3, 0.4) is 0 Å². The number of carbonyl (C=O) groups excluding carboxylic acids is 1. The fourth-order valence-corrected chi connectivity index (χ4v) is 2.99. The summed E-state index contributed by atoms with van der Waals surface area (Å²) >= 11 is 0. The van der Waals surface area contributed by atoms with E-state index in [1.165, 1.54) is 12.3 Å². The van der Waals surface area contributed by atoms with Crippen molar-refractivity contribution >= 4 is 5.91 Å². The SMILES string of the molecule is CCC[C@@H]1COCCN1C(=O)c1ccc(-c2ccc(F)cn2)cc1. The Hall–Kier alpha value is -2.27. The summed E-state index contributed by atoms with van der Waals surface area (Å²) in [7, 11) is 0. The first-order valence-electron chi connectivity index (χ1n) is 8.29. The van der Waals surface area contributed by atoms with E-state index in [1.807, 2.05) is 17.0 Å². The van der Waals surface area contributed by atoms with Crippen LogP contribution in [0.1, 0.15) is 30.1 Å². The van der Waals surface area contributed by atoms with E-state index in [9.17, 15) is 9.18 Å². The van der Waals surface area contributed by atoms with Gasteiger partial charge in [-0.05, 0) is 30.7 Å². The van der Waals surface area contributed by atoms with Crippen LogP contribution in [0.5, 0.6) is 0 Å². The molecule has 2 aromatic rings. The van der Waals surface area contributed by atoms with Crippen LogP contribution in [0.2, 0.25) is 0 Å². The van der Waals surface area contributed by atoms with Crippen molar-refractivity contribution in [3.63, 3.8) is 0 Å². The van der Waals surface area contributed by atoms with Crippen molar-refractivity contribution in [3.05, 3.63) is 54.0 Å². The highest BCUT2D eigenvalue weighted by Crippen LogP contribution is 2.20. The summed E-state index contributed by atoms with van der Waals surface area (Å²) in [6.07, 6.45) is 3.16. The summed E-state index contributed by atoms with van der Waals surface area (Å²) in [5.41, 5.74) is 2.20. The number of morpholine rings is 1. The fourth-order valence-electron chi connectivity index (χ4n) is 2.99. The average molecular weight is 328 g/mol. The van der Waals surface area contributed by atoms with E-state index in [2.05, 4.69) is 11.9 Å². The second-order valence-corrected chi connectivity index (χ2v) is 5.95. The minimum atomic E-state index is -0.361. The van der Waals surface area contributed by atoms with Crippen molar-refractivity contribution in [2.75, 3.05) is 19.8 Å². The van der Waals surface area contributed by atoms with Crippen molar-refractivity contribution in [1.29, 1.82) is 0 Å². The maximum absolute atomic E-state index is 13.0. The van der Waals surface area contributed by atoms with Crippen LogP contribution in [0, 0.1) is 5.82 Å². The molecular weight excluding hydrogens is 307 g/mol. The molecule has 1 saturated heterocycles. The van der Waals surface area contributed by atoms with Gasteiger partial charge in [-0.1, -0.05) is 25.5 Å². The van der Waals surface area contributed by atoms with E-state index >= 15 is 0 Å². The molecule has 1 atom stereocenters. The van der Waals surface area contributed by atoms with Crippen LogP contribution in [-0.4, -0.2) is 41.6 Å². The molecule has 0 N–H and O–H groups in total. The van der Waals surface area contributed by atoms with E-state index in [4.69, 9.17) is 4.74 Å². The van der Waals surface area contributed by atoms with Gasteiger partial charge in [-0.2, -0.15) is 0 Å². The van der Waals surface area contributed by atoms with Crippen LogP contribution in [0.4, 0.5) is 4.39 Å². The quantitative estimate of drug-likeness (QED) is 0.862. The van der Waals surface area contributed by atoms with Crippen LogP contribution >= 0.6 is 0 Å². The first-order valence-corrected chi connectivity index (χ1v) is 8.29. The van der Waals surface area contributed by atoms with Gasteiger partial charge in [0.1, 0.15) is 5.82 Å². The summed E-state index contributed by atoms with van der Waals surface area (Å²) in [6.45, 7) is 3.94. The number of hydrogen-bond donors (Lipinski definition) is 0. The van der Waals surface area contributed by atoms with Crippen molar-refractivity contribution in [2.45, 2.75) is 25.8 Å². The highest BCUT2D eigenvalue weighted by atomic mass is 19.1. The Morgan fingerprint density at radius 2 is 2.08 bits per heavy atom. The molecule has 1 fully saturated rings. The predicted molar refractivity (Wildman–Crippen MR) is 90.2 cm³/mol. The van der Waals surface area contributed by atoms with Gasteiger partial charge in [-0.15, -0.1) is 0 Å². The molecule has 0 aliphatic carbocycles. The van der Waals surface area contributed by atoms with Gasteiger partial charge in [0, 0.05) is 17.7 Å². The summed E-state index contributed by atoms with van der Waals surface area (Å²) in [5.74, 6) is -0.324. The average Bonchev–Trinajstić information content (AvgIpc) is 2.63. The highest BCUT2D eigenvalue weighted by molar-refractivity contribution is 5.95. The number of carbonyl (C=O) groups is 1. The lowest BCUT2D eigenvalue weighted by atomic mass is 10.1. The normalized spacial score (nSPS) is 17.8. The fraction of sp³-hybridized carbons (Fsp3) is 0.368. The molecule has 2 heterocycles. The van der Waals surface area contributed by atoms with Gasteiger partial charge in [0.05, 0.1) is 31.1 Å². The number of pyridine rings is 1. The van der Waals surface area contributed by atoms with Gasteiger partial charge in [0.15, 0.2) is 0 Å². The molecular formula is C19H21FN2O2. The zero-order valence-corrected chi connectivity index (χ0v) is 13.7. The lowest BCUT2D eigenvalue weighted by Gasteiger charge is -2.35. The van der Waals surface area contributed by atoms with Gasteiger partial charge in [-0.25, -0.2) is 4.39 Å². The molecule has 1 aliphatic rings. The highest BCUT2D eigenvalue weighted by Gasteiger charge is 2.27. The van der Waals surface area contributed by atoms with Crippen molar-refractivity contribution in [3.8, 4) is 11.3 Å². The van der Waals surface area contributed by atoms with Crippen LogP contribution in [0.15, 0.2) is 42.6 Å². The van der Waals surface area contributed by atoms with E-state index in [0.29, 0.717) is 31.0 Å². The molecule has 24 heavy (non-hydrogen) atoms. The van der Waals surface area contributed by atoms with Gasteiger partial charge in [-0.3, -0.25) is 9.78 Å². The lowest BCUT2D eigenvalue weighted by Crippen LogP contribution is -2.48. The summed E-state index contributed by atoms with van der Waals surface area (Å²) in [5, 5.41) is 0. The Morgan fingerprint density at radius 3 is 2.75 bits per heavy atom. The van der Waals surface area contributed by atoms with E-state index in [0.717, 1.165) is 18.4 Å². The zero-order valence-electron chi connectivity index (χ0n) is 13.7. The molecule has 1 aliphatic heterocycles. The molecule has 5 heteroatoms. The van der Waals surface area contributed by atoms with Gasteiger partial charge in [0.25, 0.3) is 5.91 Å². The van der Waals surface area contributed by atoms with E-state index in [-0.39, 0.29) is 17.8 Å². The van der Waals surface area contributed by atoms with Crippen LogP contribution in [-0.2, 0) is 4.74 Å². The second-order valence-electron chi connectivity index (χ2n) is 5.95. The van der Waals surface area contributed by atoms with E-state index in [1.54, 1.807) is 18.2 Å². The monoisotopic (exact) mass is 328 g/mol. The third-order valence-electron chi connectivity index (χ3n) is 4.27. The molecule has 0 unspecified atom stereocenters. The lowest BCUT2D eigenvalue weighted by molar-refractivity contribution is -0.00433. The molecule has 1 aromatic carbocycles. The minimum absolute atomic E-state index is 0.0374. The number of aromatic nitrogens is 1. The molecule has 3 rings (SSSR count). The van der Waals surface area contributed by atoms with Crippen LogP contribution in [0.25, 0.3) is 11.3 Å². The number of rotatable bonds is 4. The van der Waals surface area contributed by atoms with Crippen LogP contribution < -0.4 is 0 Å². The topological polar surface area (TPSA) is 42.4 Å². The summed E-state index contributed by atoms with van der Waals surface area (Å²) in [4.78, 5) is 18.8. The zero-order chi connectivity index (χ0) is 16.9. The molecule has 0 spiro atoms. The largest absolute Gasteiger partial charge is 0.377 e. The number of benzene rings is 1. The molecule has 0 saturated carbocycles. The van der Waals surface area contributed by atoms with Gasteiger partial charge >= 0.3 is 0 Å². The van der Waals surface area contributed by atoms with Gasteiger partial charge < -0.3 is 9.64 Å². The summed E-state index contributed by atoms with van der Waals surface area (Å²) in [6, 6.07) is 10.5. The Balaban J connectivity index is 1.76. The Morgan fingerprint density at radius 1 is 1.29 bits per heavy atom. The second kappa shape index (κ2) is 7.53. The Bertz CT molecular complexity index is 684. The van der Waals surface area contributed by atoms with Gasteiger partial charge in [0.2, 0.25) is 0 Å². The Kier molecular flexibility index (Phi) is 5.20. The molecule has 0 bridgehead atoms. The third-order valence-corrected chi connectivity index (χ3v) is 4.27. The first-order chi connectivity index (χ1) is 11.7. The third kappa shape index (κ3) is 3.62. The first kappa shape index (κ1) is 16.6. The summed E-state index contributed by atoms with van der Waals surface area (Å²) < 4.78 is 18.5. The number of nitrogens with zero attached hydrogens (tertiary/aromatic N) is 2. The number of hydrogen-bond acceptors (Lipinski definition) is 3. The maximum atomic E-state index is 13.0. The van der Waals surface area contributed by atoms with E-state index < -0.39 is 0 Å². The maximum Gasteiger partial charge on any atom is 0.254 e. The number of halogens is 1. The Labute approximate surface area is 141 Å². The van der Waals surface area contributed by atoms with Crippen molar-refractivity contribution < 1.29 is 13.9 Å². The minimum Gasteiger partial charge on any atom is -0.377 e. The molecule has 1 aromatic heterocycles. The van der Waals surface area contributed by atoms with Crippen molar-refractivity contribution in [2.24, 2.45) is 0 Å². The van der Waals surface area contributed by atoms with Crippen molar-refractivity contribution in [1.82, 2.24) is 9.88 Å². The molecule has 126 valence electrons. The number of amides is 1. The smallest absolute Gasteiger partial charge is 0.254 e. The molecule has 1 amide bonds. The number of ether oxygens (including phenoxy) is 1. The standard InChI is InChI=1S/C19H21FN2O2/c1-2-3-17-13-24-11-10-22(17)19(23)15-6-4-14(5-7-15)18-9-8-16(20)12-21-18/h4-9,12,17H,2-3,10-11,13H2,1H3/t17-/m1/s1.